The van der Waals surface area contributed by atoms with Gasteiger partial charge in [-0.05, 0) is 52.3 Å². The Morgan fingerprint density at radius 3 is 2.89 bits per heavy atom. The van der Waals surface area contributed by atoms with Crippen LogP contribution >= 0.6 is 15.9 Å². The molecule has 3 N–H and O–H groups in total. The van der Waals surface area contributed by atoms with Gasteiger partial charge in [0.05, 0.1) is 32.9 Å². The standard InChI is InChI=1S/C20H16BrFN6/c1-2-19-25-15-4-3-12(8-16(15)26-19)28-20(23)18(10-24-28)27-6-5-11-7-13(21)14(22)9-17(11)27/h3-10H,2,23H2,1H3,(H,25,26). The number of hydrogen-bond donors (Lipinski definition) is 2. The second-order valence-corrected chi connectivity index (χ2v) is 7.43. The summed E-state index contributed by atoms with van der Waals surface area (Å²) in [5.41, 5.74) is 10.5. The fraction of sp³-hybridized carbons (Fsp3) is 0.100. The first-order valence-corrected chi connectivity index (χ1v) is 9.63. The van der Waals surface area contributed by atoms with Crippen molar-refractivity contribution in [3.8, 4) is 11.4 Å². The van der Waals surface area contributed by atoms with E-state index < -0.39 is 0 Å². The van der Waals surface area contributed by atoms with Crippen molar-refractivity contribution >= 4 is 43.7 Å². The molecule has 0 saturated heterocycles. The van der Waals surface area contributed by atoms with Crippen LogP contribution < -0.4 is 5.73 Å². The quantitative estimate of drug-likeness (QED) is 0.427. The highest BCUT2D eigenvalue weighted by atomic mass is 79.9. The molecule has 0 atom stereocenters. The van der Waals surface area contributed by atoms with Crippen LogP contribution in [0.4, 0.5) is 10.2 Å². The number of aromatic amines is 1. The lowest BCUT2D eigenvalue weighted by Crippen LogP contribution is -2.04. The number of nitrogens with two attached hydrogens (primary N) is 1. The Morgan fingerprint density at radius 1 is 1.21 bits per heavy atom. The Bertz CT molecular complexity index is 1350. The minimum atomic E-state index is -0.324. The van der Waals surface area contributed by atoms with Crippen molar-refractivity contribution in [1.29, 1.82) is 0 Å². The minimum absolute atomic E-state index is 0.324. The lowest BCUT2D eigenvalue weighted by atomic mass is 10.2. The van der Waals surface area contributed by atoms with E-state index in [1.54, 1.807) is 16.9 Å². The van der Waals surface area contributed by atoms with E-state index in [-0.39, 0.29) is 5.82 Å². The topological polar surface area (TPSA) is 77.4 Å². The van der Waals surface area contributed by atoms with Crippen LogP contribution in [-0.4, -0.2) is 24.3 Å². The van der Waals surface area contributed by atoms with Crippen molar-refractivity contribution in [2.24, 2.45) is 0 Å². The highest BCUT2D eigenvalue weighted by molar-refractivity contribution is 9.10. The Kier molecular flexibility index (Phi) is 3.77. The number of rotatable bonds is 3. The molecule has 0 aliphatic rings. The maximum Gasteiger partial charge on any atom is 0.151 e. The normalized spacial score (nSPS) is 11.7. The SMILES string of the molecule is CCc1nc2ccc(-n3ncc(-n4ccc5cc(Br)c(F)cc54)c3N)cc2[nH]1. The fourth-order valence-corrected chi connectivity index (χ4v) is 3.79. The molecule has 5 rings (SSSR count). The van der Waals surface area contributed by atoms with Crippen LogP contribution in [0.15, 0.2) is 53.3 Å². The van der Waals surface area contributed by atoms with Gasteiger partial charge in [0.2, 0.25) is 0 Å². The predicted octanol–water partition coefficient (Wildman–Crippen LogP) is 4.74. The molecule has 140 valence electrons. The van der Waals surface area contributed by atoms with E-state index in [0.29, 0.717) is 16.0 Å². The van der Waals surface area contributed by atoms with Crippen LogP contribution in [0.3, 0.4) is 0 Å². The second kappa shape index (κ2) is 6.20. The van der Waals surface area contributed by atoms with Gasteiger partial charge in [-0.3, -0.25) is 0 Å². The van der Waals surface area contributed by atoms with Crippen LogP contribution in [0.1, 0.15) is 12.7 Å². The van der Waals surface area contributed by atoms with Crippen molar-refractivity contribution in [2.75, 3.05) is 5.73 Å². The van der Waals surface area contributed by atoms with E-state index in [1.165, 1.54) is 6.07 Å². The Balaban J connectivity index is 1.63. The number of nitrogens with zero attached hydrogens (tertiary/aromatic N) is 4. The summed E-state index contributed by atoms with van der Waals surface area (Å²) in [6.07, 6.45) is 4.38. The van der Waals surface area contributed by atoms with E-state index in [2.05, 4.69) is 37.9 Å². The van der Waals surface area contributed by atoms with E-state index in [9.17, 15) is 4.39 Å². The van der Waals surface area contributed by atoms with Crippen molar-refractivity contribution < 1.29 is 4.39 Å². The number of aryl methyl sites for hydroxylation is 1. The average molecular weight is 439 g/mol. The van der Waals surface area contributed by atoms with Gasteiger partial charge in [0.25, 0.3) is 0 Å². The lowest BCUT2D eigenvalue weighted by molar-refractivity contribution is 0.622. The van der Waals surface area contributed by atoms with Gasteiger partial charge in [0.15, 0.2) is 5.82 Å². The summed E-state index contributed by atoms with van der Waals surface area (Å²) in [6, 6.07) is 11.0. The molecule has 0 unspecified atom stereocenters. The van der Waals surface area contributed by atoms with E-state index in [0.717, 1.165) is 39.9 Å². The molecule has 6 nitrogen and oxygen atoms in total. The molecule has 8 heteroatoms. The zero-order valence-corrected chi connectivity index (χ0v) is 16.5. The summed E-state index contributed by atoms with van der Waals surface area (Å²) >= 11 is 3.22. The van der Waals surface area contributed by atoms with Crippen molar-refractivity contribution in [2.45, 2.75) is 13.3 Å². The van der Waals surface area contributed by atoms with Crippen LogP contribution in [0, 0.1) is 5.82 Å². The number of anilines is 1. The van der Waals surface area contributed by atoms with Crippen molar-refractivity contribution in [3.05, 3.63) is 64.9 Å². The van der Waals surface area contributed by atoms with Crippen LogP contribution in [0.2, 0.25) is 0 Å². The third-order valence-corrected chi connectivity index (χ3v) is 5.48. The highest BCUT2D eigenvalue weighted by Crippen LogP contribution is 2.29. The molecule has 2 aromatic carbocycles. The van der Waals surface area contributed by atoms with Gasteiger partial charge in [-0.2, -0.15) is 5.10 Å². The van der Waals surface area contributed by atoms with Gasteiger partial charge in [0, 0.05) is 18.0 Å². The van der Waals surface area contributed by atoms with Crippen LogP contribution in [0.5, 0.6) is 0 Å². The Morgan fingerprint density at radius 2 is 2.07 bits per heavy atom. The minimum Gasteiger partial charge on any atom is -0.382 e. The molecule has 5 aromatic rings. The van der Waals surface area contributed by atoms with Crippen molar-refractivity contribution in [3.63, 3.8) is 0 Å². The van der Waals surface area contributed by atoms with Crippen LogP contribution in [0.25, 0.3) is 33.3 Å². The number of nitrogens with one attached hydrogen (secondary N) is 1. The first-order chi connectivity index (χ1) is 13.5. The number of nitrogen functional groups attached to an aromatic ring is 1. The summed E-state index contributed by atoms with van der Waals surface area (Å²) in [6.45, 7) is 2.05. The van der Waals surface area contributed by atoms with Gasteiger partial charge in [0.1, 0.15) is 17.3 Å². The molecule has 0 fully saturated rings. The summed E-state index contributed by atoms with van der Waals surface area (Å²) in [5.74, 6) is 1.08. The smallest absolute Gasteiger partial charge is 0.151 e. The molecule has 0 aliphatic heterocycles. The number of imidazole rings is 1. The first-order valence-electron chi connectivity index (χ1n) is 8.84. The Labute approximate surface area is 167 Å². The van der Waals surface area contributed by atoms with Crippen LogP contribution in [-0.2, 0) is 6.42 Å². The monoisotopic (exact) mass is 438 g/mol. The molecule has 28 heavy (non-hydrogen) atoms. The van der Waals surface area contributed by atoms with Gasteiger partial charge in [-0.1, -0.05) is 6.92 Å². The van der Waals surface area contributed by atoms with Gasteiger partial charge >= 0.3 is 0 Å². The number of halogens is 2. The van der Waals surface area contributed by atoms with E-state index in [4.69, 9.17) is 5.73 Å². The summed E-state index contributed by atoms with van der Waals surface area (Å²) in [4.78, 5) is 7.82. The molecule has 0 amide bonds. The highest BCUT2D eigenvalue weighted by Gasteiger charge is 2.15. The lowest BCUT2D eigenvalue weighted by Gasteiger charge is -2.07. The molecular formula is C20H16BrFN6. The number of H-pyrrole nitrogens is 1. The summed E-state index contributed by atoms with van der Waals surface area (Å²) in [5, 5.41) is 5.36. The number of hydrogen-bond acceptors (Lipinski definition) is 3. The van der Waals surface area contributed by atoms with E-state index in [1.807, 2.05) is 35.0 Å². The van der Waals surface area contributed by atoms with E-state index >= 15 is 0 Å². The molecule has 0 aliphatic carbocycles. The largest absolute Gasteiger partial charge is 0.382 e. The third kappa shape index (κ3) is 2.52. The Hall–Kier alpha value is -3.13. The molecular weight excluding hydrogens is 423 g/mol. The van der Waals surface area contributed by atoms with Crippen molar-refractivity contribution in [1.82, 2.24) is 24.3 Å². The maximum absolute atomic E-state index is 14.1. The molecule has 3 heterocycles. The summed E-state index contributed by atoms with van der Waals surface area (Å²) in [7, 11) is 0. The fourth-order valence-electron chi connectivity index (χ4n) is 3.43. The molecule has 0 bridgehead atoms. The molecule has 3 aromatic heterocycles. The zero-order valence-electron chi connectivity index (χ0n) is 14.9. The third-order valence-electron chi connectivity index (χ3n) is 4.87. The van der Waals surface area contributed by atoms with Gasteiger partial charge < -0.3 is 15.3 Å². The molecule has 0 saturated carbocycles. The maximum atomic E-state index is 14.1. The summed E-state index contributed by atoms with van der Waals surface area (Å²) < 4.78 is 18.0. The number of aromatic nitrogens is 5. The molecule has 0 spiro atoms. The first kappa shape index (κ1) is 17.0. The predicted molar refractivity (Wildman–Crippen MR) is 111 cm³/mol. The average Bonchev–Trinajstić information content (AvgIpc) is 3.38. The second-order valence-electron chi connectivity index (χ2n) is 6.58. The zero-order chi connectivity index (χ0) is 19.4. The van der Waals surface area contributed by atoms with Gasteiger partial charge in [-0.25, -0.2) is 14.1 Å². The number of benzene rings is 2. The van der Waals surface area contributed by atoms with Gasteiger partial charge in [-0.15, -0.1) is 0 Å². The number of fused-ring (bicyclic) bond motifs is 2. The molecule has 0 radical (unpaired) electrons.